The van der Waals surface area contributed by atoms with Gasteiger partial charge in [-0.3, -0.25) is 4.79 Å². The van der Waals surface area contributed by atoms with Crippen LogP contribution < -0.4 is 5.32 Å². The zero-order valence-corrected chi connectivity index (χ0v) is 18.0. The molecule has 0 aliphatic carbocycles. The number of benzene rings is 2. The van der Waals surface area contributed by atoms with Crippen LogP contribution in [0.4, 0.5) is 8.78 Å². The molecule has 3 rings (SSSR count). The Hall–Kier alpha value is -2.27. The minimum atomic E-state index is -0.526. The number of nitrogens with one attached hydrogen (secondary N) is 1. The Morgan fingerprint density at radius 1 is 1.03 bits per heavy atom. The Kier molecular flexibility index (Phi) is 7.97. The number of hydrogen-bond acceptors (Lipinski definition) is 2. The third-order valence-corrected chi connectivity index (χ3v) is 6.05. The second-order valence-corrected chi connectivity index (χ2v) is 8.37. The highest BCUT2D eigenvalue weighted by atomic mass is 19.1. The fourth-order valence-corrected chi connectivity index (χ4v) is 4.57. The molecule has 2 aromatic rings. The number of aryl methyl sites for hydroxylation is 2. The van der Waals surface area contributed by atoms with Crippen molar-refractivity contribution in [3.8, 4) is 0 Å². The minimum absolute atomic E-state index is 0.00384. The molecule has 3 nitrogen and oxygen atoms in total. The van der Waals surface area contributed by atoms with Crippen molar-refractivity contribution in [3.63, 3.8) is 0 Å². The van der Waals surface area contributed by atoms with Gasteiger partial charge in [0.2, 0.25) is 5.91 Å². The molecule has 0 aromatic heterocycles. The van der Waals surface area contributed by atoms with E-state index in [1.54, 1.807) is 0 Å². The molecule has 1 amide bonds. The molecule has 1 N–H and O–H groups in total. The van der Waals surface area contributed by atoms with E-state index in [4.69, 9.17) is 0 Å². The van der Waals surface area contributed by atoms with Crippen LogP contribution in [0.1, 0.15) is 53.9 Å². The summed E-state index contributed by atoms with van der Waals surface area (Å²) in [5, 5.41) is 2.95. The number of carbonyl (C=O) groups is 1. The molecule has 30 heavy (non-hydrogen) atoms. The maximum absolute atomic E-state index is 13.7. The minimum Gasteiger partial charge on any atom is -0.356 e. The van der Waals surface area contributed by atoms with Crippen molar-refractivity contribution < 1.29 is 13.6 Å². The lowest BCUT2D eigenvalue weighted by molar-refractivity contribution is -0.121. The van der Waals surface area contributed by atoms with Crippen molar-refractivity contribution in [3.05, 3.63) is 70.3 Å². The molecule has 0 spiro atoms. The number of likely N-dealkylation sites (tertiary alicyclic amines) is 1. The van der Waals surface area contributed by atoms with Gasteiger partial charge in [0.15, 0.2) is 0 Å². The summed E-state index contributed by atoms with van der Waals surface area (Å²) in [5.74, 6) is -0.909. The molecule has 0 bridgehead atoms. The van der Waals surface area contributed by atoms with E-state index in [-0.39, 0.29) is 23.8 Å². The van der Waals surface area contributed by atoms with Crippen molar-refractivity contribution >= 4 is 5.91 Å². The van der Waals surface area contributed by atoms with E-state index >= 15 is 0 Å². The predicted molar refractivity (Wildman–Crippen MR) is 117 cm³/mol. The lowest BCUT2D eigenvalue weighted by Gasteiger charge is -2.26. The number of halogens is 2. The number of carbonyl (C=O) groups excluding carboxylic acids is 1. The van der Waals surface area contributed by atoms with Gasteiger partial charge in [0.25, 0.3) is 0 Å². The monoisotopic (exact) mass is 414 g/mol. The molecule has 1 aliphatic heterocycles. The highest BCUT2D eigenvalue weighted by Gasteiger charge is 2.24. The van der Waals surface area contributed by atoms with E-state index in [2.05, 4.69) is 42.3 Å². The van der Waals surface area contributed by atoms with Crippen molar-refractivity contribution in [1.29, 1.82) is 0 Å². The third kappa shape index (κ3) is 5.88. The Labute approximate surface area is 178 Å². The number of nitrogens with zero attached hydrogens (tertiary/aromatic N) is 1. The van der Waals surface area contributed by atoms with Gasteiger partial charge in [-0.25, -0.2) is 8.78 Å². The van der Waals surface area contributed by atoms with Crippen molar-refractivity contribution in [2.75, 3.05) is 26.2 Å². The molecule has 1 atom stereocenters. The summed E-state index contributed by atoms with van der Waals surface area (Å²) < 4.78 is 27.5. The van der Waals surface area contributed by atoms with E-state index < -0.39 is 11.6 Å². The normalized spacial score (nSPS) is 15.3. The van der Waals surface area contributed by atoms with Crippen LogP contribution in [0.15, 0.2) is 36.4 Å². The van der Waals surface area contributed by atoms with Gasteiger partial charge < -0.3 is 10.2 Å². The Bertz CT molecular complexity index is 822. The van der Waals surface area contributed by atoms with Crippen LogP contribution in [-0.2, 0) is 11.2 Å². The first-order chi connectivity index (χ1) is 14.5. The molecule has 162 valence electrons. The Morgan fingerprint density at radius 2 is 1.63 bits per heavy atom. The van der Waals surface area contributed by atoms with Crippen LogP contribution in [0.25, 0.3) is 0 Å². The first kappa shape index (κ1) is 22.4. The maximum Gasteiger partial charge on any atom is 0.220 e. The summed E-state index contributed by atoms with van der Waals surface area (Å²) in [6.45, 7) is 7.71. The largest absolute Gasteiger partial charge is 0.356 e. The summed E-state index contributed by atoms with van der Waals surface area (Å²) in [5.41, 5.74) is 3.81. The molecule has 0 saturated carbocycles. The molecule has 1 saturated heterocycles. The number of rotatable bonds is 9. The lowest BCUT2D eigenvalue weighted by Crippen LogP contribution is -2.32. The highest BCUT2D eigenvalue weighted by Crippen LogP contribution is 2.28. The van der Waals surface area contributed by atoms with Gasteiger partial charge in [0.1, 0.15) is 11.6 Å². The molecular weight excluding hydrogens is 382 g/mol. The van der Waals surface area contributed by atoms with E-state index in [1.165, 1.54) is 47.7 Å². The molecule has 1 aliphatic rings. The zero-order chi connectivity index (χ0) is 21.5. The van der Waals surface area contributed by atoms with E-state index in [9.17, 15) is 13.6 Å². The number of amides is 1. The first-order valence-electron chi connectivity index (χ1n) is 10.9. The van der Waals surface area contributed by atoms with Gasteiger partial charge in [-0.05, 0) is 81.4 Å². The van der Waals surface area contributed by atoms with Crippen LogP contribution in [-0.4, -0.2) is 37.0 Å². The second kappa shape index (κ2) is 10.7. The standard InChI is InChI=1S/C25H32F2N2O/c1-18-8-5-9-19(2)25(18)20(17-29-14-3-4-15-29)16-24(30)28-13-7-10-21-22(26)11-6-12-23(21)27/h5-6,8-9,11-12,20H,3-4,7,10,13-17H2,1-2H3,(H,28,30). The summed E-state index contributed by atoms with van der Waals surface area (Å²) in [6, 6.07) is 10.2. The number of hydrogen-bond donors (Lipinski definition) is 1. The molecule has 1 unspecified atom stereocenters. The summed E-state index contributed by atoms with van der Waals surface area (Å²) in [6.07, 6.45) is 3.64. The summed E-state index contributed by atoms with van der Waals surface area (Å²) in [7, 11) is 0. The van der Waals surface area contributed by atoms with Crippen LogP contribution in [0.2, 0.25) is 0 Å². The van der Waals surface area contributed by atoms with Gasteiger partial charge >= 0.3 is 0 Å². The molecule has 2 aromatic carbocycles. The average Bonchev–Trinajstić information content (AvgIpc) is 3.20. The SMILES string of the molecule is Cc1cccc(C)c1C(CC(=O)NCCCc1c(F)cccc1F)CN1CCCC1. The van der Waals surface area contributed by atoms with Crippen LogP contribution >= 0.6 is 0 Å². The van der Waals surface area contributed by atoms with Gasteiger partial charge in [-0.2, -0.15) is 0 Å². The topological polar surface area (TPSA) is 32.3 Å². The van der Waals surface area contributed by atoms with Crippen molar-refractivity contribution in [1.82, 2.24) is 10.2 Å². The predicted octanol–water partition coefficient (Wildman–Crippen LogP) is 4.90. The fourth-order valence-electron chi connectivity index (χ4n) is 4.57. The summed E-state index contributed by atoms with van der Waals surface area (Å²) >= 11 is 0. The van der Waals surface area contributed by atoms with E-state index in [1.807, 2.05) is 0 Å². The van der Waals surface area contributed by atoms with Gasteiger partial charge in [-0.15, -0.1) is 0 Å². The van der Waals surface area contributed by atoms with Crippen LogP contribution in [0.5, 0.6) is 0 Å². The molecular formula is C25H32F2N2O. The Morgan fingerprint density at radius 3 is 2.27 bits per heavy atom. The van der Waals surface area contributed by atoms with Crippen LogP contribution in [0.3, 0.4) is 0 Å². The van der Waals surface area contributed by atoms with E-state index in [0.29, 0.717) is 19.4 Å². The highest BCUT2D eigenvalue weighted by molar-refractivity contribution is 5.77. The maximum atomic E-state index is 13.7. The second-order valence-electron chi connectivity index (χ2n) is 8.37. The lowest BCUT2D eigenvalue weighted by atomic mass is 9.87. The van der Waals surface area contributed by atoms with Gasteiger partial charge in [0.05, 0.1) is 0 Å². The first-order valence-corrected chi connectivity index (χ1v) is 10.9. The molecule has 0 radical (unpaired) electrons. The van der Waals surface area contributed by atoms with Gasteiger partial charge in [-0.1, -0.05) is 24.3 Å². The van der Waals surface area contributed by atoms with Crippen molar-refractivity contribution in [2.45, 2.75) is 51.9 Å². The van der Waals surface area contributed by atoms with Crippen molar-refractivity contribution in [2.24, 2.45) is 0 Å². The average molecular weight is 415 g/mol. The fraction of sp³-hybridized carbons (Fsp3) is 0.480. The smallest absolute Gasteiger partial charge is 0.220 e. The third-order valence-electron chi connectivity index (χ3n) is 6.05. The Balaban J connectivity index is 1.57. The van der Waals surface area contributed by atoms with E-state index in [0.717, 1.165) is 19.6 Å². The zero-order valence-electron chi connectivity index (χ0n) is 18.0. The summed E-state index contributed by atoms with van der Waals surface area (Å²) in [4.78, 5) is 15.1. The van der Waals surface area contributed by atoms with Gasteiger partial charge in [0, 0.05) is 31.0 Å². The molecule has 1 fully saturated rings. The molecule has 1 heterocycles. The van der Waals surface area contributed by atoms with Crippen LogP contribution in [0, 0.1) is 25.5 Å². The molecule has 5 heteroatoms. The quantitative estimate of drug-likeness (QED) is 0.592.